The zero-order valence-corrected chi connectivity index (χ0v) is 15.4. The molecule has 29 heavy (non-hydrogen) atoms. The van der Waals surface area contributed by atoms with Gasteiger partial charge in [-0.25, -0.2) is 18.7 Å². The number of fused-ring (bicyclic) bond motifs is 1. The van der Waals surface area contributed by atoms with Gasteiger partial charge in [-0.3, -0.25) is 10.1 Å². The van der Waals surface area contributed by atoms with Gasteiger partial charge in [-0.05, 0) is 23.8 Å². The first-order chi connectivity index (χ1) is 14.0. The van der Waals surface area contributed by atoms with Gasteiger partial charge in [0.25, 0.3) is 5.69 Å². The lowest BCUT2D eigenvalue weighted by atomic mass is 10.1. The summed E-state index contributed by atoms with van der Waals surface area (Å²) < 4.78 is 26.5. The van der Waals surface area contributed by atoms with Crippen molar-refractivity contribution < 1.29 is 13.7 Å². The van der Waals surface area contributed by atoms with E-state index in [-0.39, 0.29) is 12.2 Å². The zero-order valence-electron chi connectivity index (χ0n) is 15.4. The van der Waals surface area contributed by atoms with Crippen LogP contribution in [0.5, 0.6) is 0 Å². The monoisotopic (exact) mass is 400 g/mol. The van der Waals surface area contributed by atoms with Gasteiger partial charge in [0.2, 0.25) is 0 Å². The van der Waals surface area contributed by atoms with E-state index in [0.717, 1.165) is 25.2 Å². The molecular formula is C19H18F2N6O2. The Labute approximate surface area is 164 Å². The molecule has 0 spiro atoms. The van der Waals surface area contributed by atoms with Gasteiger partial charge in [-0.15, -0.1) is 0 Å². The first-order valence-corrected chi connectivity index (χ1v) is 9.09. The molecule has 0 saturated carbocycles. The molecular weight excluding hydrogens is 382 g/mol. The van der Waals surface area contributed by atoms with Crippen molar-refractivity contribution in [1.29, 1.82) is 0 Å². The molecule has 2 aromatic carbocycles. The number of nitrogens with one attached hydrogen (secondary N) is 2. The fourth-order valence-corrected chi connectivity index (χ4v) is 3.36. The van der Waals surface area contributed by atoms with Crippen molar-refractivity contribution in [2.45, 2.75) is 6.54 Å². The second-order valence-electron chi connectivity index (χ2n) is 6.68. The largest absolute Gasteiger partial charge is 0.365 e. The van der Waals surface area contributed by atoms with E-state index in [1.165, 1.54) is 18.5 Å². The third-order valence-corrected chi connectivity index (χ3v) is 4.83. The smallest absolute Gasteiger partial charge is 0.293 e. The lowest BCUT2D eigenvalue weighted by Gasteiger charge is -2.29. The fourth-order valence-electron chi connectivity index (χ4n) is 3.36. The lowest BCUT2D eigenvalue weighted by molar-refractivity contribution is -0.384. The maximum Gasteiger partial charge on any atom is 0.293 e. The summed E-state index contributed by atoms with van der Waals surface area (Å²) in [6, 6.07) is 6.76. The van der Waals surface area contributed by atoms with Crippen molar-refractivity contribution in [3.8, 4) is 0 Å². The average Bonchev–Trinajstić information content (AvgIpc) is 2.74. The predicted molar refractivity (Wildman–Crippen MR) is 105 cm³/mol. The molecule has 1 aliphatic rings. The topological polar surface area (TPSA) is 96.2 Å². The molecule has 0 unspecified atom stereocenters. The van der Waals surface area contributed by atoms with Crippen LogP contribution in [0.3, 0.4) is 0 Å². The number of aromatic nitrogens is 2. The molecule has 1 aliphatic heterocycles. The molecule has 0 bridgehead atoms. The Morgan fingerprint density at radius 2 is 1.93 bits per heavy atom. The highest BCUT2D eigenvalue weighted by atomic mass is 19.2. The van der Waals surface area contributed by atoms with Gasteiger partial charge in [0, 0.05) is 44.2 Å². The Hall–Kier alpha value is -3.40. The van der Waals surface area contributed by atoms with Gasteiger partial charge in [-0.1, -0.05) is 6.07 Å². The number of nitrogens with zero attached hydrogens (tertiary/aromatic N) is 4. The van der Waals surface area contributed by atoms with E-state index in [2.05, 4.69) is 20.6 Å². The zero-order chi connectivity index (χ0) is 20.4. The maximum atomic E-state index is 13.4. The van der Waals surface area contributed by atoms with E-state index in [1.807, 2.05) is 4.90 Å². The summed E-state index contributed by atoms with van der Waals surface area (Å²) in [7, 11) is 0. The number of anilines is 2. The Kier molecular flexibility index (Phi) is 5.17. The number of piperazine rings is 1. The van der Waals surface area contributed by atoms with Gasteiger partial charge in [0.05, 0.1) is 10.4 Å². The number of nitro groups is 1. The third-order valence-electron chi connectivity index (χ3n) is 4.83. The molecule has 8 nitrogen and oxygen atoms in total. The van der Waals surface area contributed by atoms with Crippen LogP contribution in [0.1, 0.15) is 5.56 Å². The molecule has 3 aromatic rings. The normalized spacial score (nSPS) is 14.2. The first kappa shape index (κ1) is 18.9. The molecule has 0 atom stereocenters. The highest BCUT2D eigenvalue weighted by Crippen LogP contribution is 2.34. The summed E-state index contributed by atoms with van der Waals surface area (Å²) >= 11 is 0. The number of hydrogen-bond donors (Lipinski definition) is 2. The standard InChI is InChI=1S/C19H18F2N6O2/c20-14-2-1-12(7-15(14)21)10-23-19-13-8-18(27(28)29)17(9-16(13)24-11-25-19)26-5-3-22-4-6-26/h1-2,7-9,11,22H,3-6,10H2,(H,23,24,25). The SMILES string of the molecule is O=[N+]([O-])c1cc2c(NCc3ccc(F)c(F)c3)ncnc2cc1N1CCNCC1. The Balaban J connectivity index is 1.68. The van der Waals surface area contributed by atoms with Crippen LogP contribution in [-0.4, -0.2) is 41.1 Å². The average molecular weight is 400 g/mol. The second kappa shape index (κ2) is 7.92. The molecule has 1 saturated heterocycles. The Bertz CT molecular complexity index is 1070. The fraction of sp³-hybridized carbons (Fsp3) is 0.263. The van der Waals surface area contributed by atoms with Gasteiger partial charge >= 0.3 is 0 Å². The summed E-state index contributed by atoms with van der Waals surface area (Å²) in [5.41, 5.74) is 1.58. The number of nitro benzene ring substituents is 1. The minimum atomic E-state index is -0.937. The molecule has 0 aliphatic carbocycles. The van der Waals surface area contributed by atoms with Crippen molar-refractivity contribution in [3.63, 3.8) is 0 Å². The number of hydrogen-bond acceptors (Lipinski definition) is 7. The van der Waals surface area contributed by atoms with E-state index < -0.39 is 16.6 Å². The first-order valence-electron chi connectivity index (χ1n) is 9.09. The molecule has 150 valence electrons. The van der Waals surface area contributed by atoms with Crippen LogP contribution in [0, 0.1) is 21.7 Å². The molecule has 2 N–H and O–H groups in total. The minimum absolute atomic E-state index is 0.0231. The van der Waals surface area contributed by atoms with Crippen molar-refractivity contribution in [2.24, 2.45) is 0 Å². The summed E-state index contributed by atoms with van der Waals surface area (Å²) in [5, 5.41) is 18.4. The van der Waals surface area contributed by atoms with Crippen molar-refractivity contribution >= 4 is 28.1 Å². The van der Waals surface area contributed by atoms with Crippen LogP contribution in [0.15, 0.2) is 36.7 Å². The highest BCUT2D eigenvalue weighted by Gasteiger charge is 2.23. The van der Waals surface area contributed by atoms with E-state index in [0.29, 0.717) is 41.1 Å². The van der Waals surface area contributed by atoms with Gasteiger partial charge < -0.3 is 15.5 Å². The summed E-state index contributed by atoms with van der Waals surface area (Å²) in [6.45, 7) is 3.01. The van der Waals surface area contributed by atoms with Crippen LogP contribution < -0.4 is 15.5 Å². The van der Waals surface area contributed by atoms with E-state index in [1.54, 1.807) is 6.07 Å². The molecule has 4 rings (SSSR count). The van der Waals surface area contributed by atoms with E-state index >= 15 is 0 Å². The van der Waals surface area contributed by atoms with Crippen molar-refractivity contribution in [1.82, 2.24) is 15.3 Å². The molecule has 2 heterocycles. The van der Waals surface area contributed by atoms with Gasteiger partial charge in [0.1, 0.15) is 17.8 Å². The minimum Gasteiger partial charge on any atom is -0.365 e. The number of benzene rings is 2. The summed E-state index contributed by atoms with van der Waals surface area (Å²) in [6.07, 6.45) is 1.36. The number of halogens is 2. The van der Waals surface area contributed by atoms with Crippen LogP contribution in [0.2, 0.25) is 0 Å². The molecule has 0 amide bonds. The van der Waals surface area contributed by atoms with Crippen LogP contribution in [0.25, 0.3) is 10.9 Å². The Morgan fingerprint density at radius 1 is 1.14 bits per heavy atom. The molecule has 1 aromatic heterocycles. The molecule has 1 fully saturated rings. The Morgan fingerprint density at radius 3 is 2.66 bits per heavy atom. The van der Waals surface area contributed by atoms with Crippen molar-refractivity contribution in [3.05, 3.63) is 64.0 Å². The predicted octanol–water partition coefficient (Wildman–Crippen LogP) is 2.84. The van der Waals surface area contributed by atoms with Crippen LogP contribution >= 0.6 is 0 Å². The highest BCUT2D eigenvalue weighted by molar-refractivity contribution is 5.94. The quantitative estimate of drug-likeness (QED) is 0.502. The van der Waals surface area contributed by atoms with E-state index in [9.17, 15) is 18.9 Å². The third kappa shape index (κ3) is 3.92. The summed E-state index contributed by atoms with van der Waals surface area (Å²) in [4.78, 5) is 21.7. The van der Waals surface area contributed by atoms with E-state index in [4.69, 9.17) is 0 Å². The second-order valence-corrected chi connectivity index (χ2v) is 6.68. The van der Waals surface area contributed by atoms with Crippen LogP contribution in [-0.2, 0) is 6.54 Å². The molecule has 0 radical (unpaired) electrons. The van der Waals surface area contributed by atoms with Gasteiger partial charge in [0.15, 0.2) is 11.6 Å². The van der Waals surface area contributed by atoms with Gasteiger partial charge in [-0.2, -0.15) is 0 Å². The number of rotatable bonds is 5. The maximum absolute atomic E-state index is 13.4. The van der Waals surface area contributed by atoms with Crippen molar-refractivity contribution in [2.75, 3.05) is 36.4 Å². The lowest BCUT2D eigenvalue weighted by Crippen LogP contribution is -2.43. The summed E-state index contributed by atoms with van der Waals surface area (Å²) in [5.74, 6) is -1.47. The van der Waals surface area contributed by atoms with Crippen LogP contribution in [0.4, 0.5) is 26.0 Å². The molecule has 10 heteroatoms.